The summed E-state index contributed by atoms with van der Waals surface area (Å²) in [6.45, 7) is 2.49. The molecule has 1 saturated carbocycles. The highest BCUT2D eigenvalue weighted by Gasteiger charge is 2.26. The van der Waals surface area contributed by atoms with Gasteiger partial charge in [-0.2, -0.15) is 0 Å². The van der Waals surface area contributed by atoms with Gasteiger partial charge in [-0.3, -0.25) is 4.79 Å². The number of unbranched alkanes of at least 4 members (excludes halogenated alkanes) is 1. The van der Waals surface area contributed by atoms with Crippen molar-refractivity contribution in [1.82, 2.24) is 5.32 Å². The summed E-state index contributed by atoms with van der Waals surface area (Å²) in [5.41, 5.74) is 0. The minimum atomic E-state index is -0.728. The second kappa shape index (κ2) is 7.14. The fraction of sp³-hybridized carbons (Fsp3) is 0.833. The van der Waals surface area contributed by atoms with Crippen LogP contribution in [-0.2, 0) is 9.53 Å². The molecule has 0 aromatic heterocycles. The second-order valence-electron chi connectivity index (χ2n) is 4.52. The van der Waals surface area contributed by atoms with E-state index >= 15 is 0 Å². The Balaban J connectivity index is 2.17. The molecule has 1 aliphatic carbocycles. The number of aliphatic carboxylic acids is 1. The van der Waals surface area contributed by atoms with Crippen molar-refractivity contribution in [2.45, 2.75) is 51.5 Å². The maximum absolute atomic E-state index is 11.4. The Hall–Kier alpha value is -1.26. The second-order valence-corrected chi connectivity index (χ2v) is 4.52. The van der Waals surface area contributed by atoms with Gasteiger partial charge in [-0.1, -0.05) is 13.3 Å². The Bertz CT molecular complexity index is 259. The van der Waals surface area contributed by atoms with Gasteiger partial charge in [0.2, 0.25) is 0 Å². The van der Waals surface area contributed by atoms with Crippen LogP contribution in [0.25, 0.3) is 0 Å². The van der Waals surface area contributed by atoms with Crippen molar-refractivity contribution < 1.29 is 19.4 Å². The third-order valence-corrected chi connectivity index (χ3v) is 3.13. The highest BCUT2D eigenvalue weighted by Crippen LogP contribution is 2.24. The summed E-state index contributed by atoms with van der Waals surface area (Å²) in [4.78, 5) is 22.1. The lowest BCUT2D eigenvalue weighted by molar-refractivity contribution is -0.142. The molecule has 1 fully saturated rings. The van der Waals surface area contributed by atoms with Crippen LogP contribution in [0.1, 0.15) is 45.4 Å². The van der Waals surface area contributed by atoms with Gasteiger partial charge in [0.1, 0.15) is 0 Å². The summed E-state index contributed by atoms with van der Waals surface area (Å²) in [7, 11) is 0. The van der Waals surface area contributed by atoms with Crippen molar-refractivity contribution in [3.8, 4) is 0 Å². The number of hydrogen-bond donors (Lipinski definition) is 2. The van der Waals surface area contributed by atoms with E-state index in [0.717, 1.165) is 25.7 Å². The molecule has 1 amide bonds. The average molecular weight is 243 g/mol. The molecule has 0 bridgehead atoms. The van der Waals surface area contributed by atoms with Crippen molar-refractivity contribution >= 4 is 12.1 Å². The number of rotatable bonds is 5. The fourth-order valence-electron chi connectivity index (χ4n) is 2.00. The molecular formula is C12H21NO4. The van der Waals surface area contributed by atoms with E-state index in [1.807, 2.05) is 6.92 Å². The van der Waals surface area contributed by atoms with Crippen LogP contribution in [0, 0.1) is 5.92 Å². The van der Waals surface area contributed by atoms with Crippen molar-refractivity contribution in [3.05, 3.63) is 0 Å². The van der Waals surface area contributed by atoms with Crippen LogP contribution in [0.3, 0.4) is 0 Å². The predicted octanol–water partition coefficient (Wildman–Crippen LogP) is 2.16. The minimum Gasteiger partial charge on any atom is -0.481 e. The Kier molecular flexibility index (Phi) is 5.80. The number of carbonyl (C=O) groups excluding carboxylic acids is 1. The molecule has 0 aromatic carbocycles. The van der Waals surface area contributed by atoms with Crippen molar-refractivity contribution in [2.75, 3.05) is 6.61 Å². The van der Waals surface area contributed by atoms with Gasteiger partial charge >= 0.3 is 12.1 Å². The summed E-state index contributed by atoms with van der Waals surface area (Å²) in [5.74, 6) is -0.974. The van der Waals surface area contributed by atoms with E-state index < -0.39 is 5.97 Å². The molecule has 1 aliphatic rings. The maximum atomic E-state index is 11.4. The van der Waals surface area contributed by atoms with Crippen LogP contribution in [-0.4, -0.2) is 29.8 Å². The number of nitrogens with one attached hydrogen (secondary N) is 1. The number of carbonyl (C=O) groups is 2. The van der Waals surface area contributed by atoms with Gasteiger partial charge < -0.3 is 15.2 Å². The Morgan fingerprint density at radius 3 is 2.47 bits per heavy atom. The van der Waals surface area contributed by atoms with Gasteiger partial charge in [0.25, 0.3) is 0 Å². The molecule has 1 rings (SSSR count). The highest BCUT2D eigenvalue weighted by molar-refractivity contribution is 5.70. The molecule has 0 aromatic rings. The van der Waals surface area contributed by atoms with Crippen LogP contribution in [0.2, 0.25) is 0 Å². The van der Waals surface area contributed by atoms with Gasteiger partial charge in [-0.25, -0.2) is 4.79 Å². The molecule has 98 valence electrons. The number of carboxylic acid groups (broad SMARTS) is 1. The van der Waals surface area contributed by atoms with Crippen molar-refractivity contribution in [2.24, 2.45) is 5.92 Å². The molecule has 0 unspecified atom stereocenters. The van der Waals surface area contributed by atoms with E-state index in [9.17, 15) is 9.59 Å². The lowest BCUT2D eigenvalue weighted by Gasteiger charge is -2.26. The molecule has 0 heterocycles. The monoisotopic (exact) mass is 243 g/mol. The van der Waals surface area contributed by atoms with Gasteiger partial charge in [0.15, 0.2) is 0 Å². The summed E-state index contributed by atoms with van der Waals surface area (Å²) >= 11 is 0. The van der Waals surface area contributed by atoms with E-state index in [1.165, 1.54) is 0 Å². The van der Waals surface area contributed by atoms with Crippen molar-refractivity contribution in [1.29, 1.82) is 0 Å². The van der Waals surface area contributed by atoms with Crippen LogP contribution < -0.4 is 5.32 Å². The number of hydrogen-bond acceptors (Lipinski definition) is 3. The zero-order valence-corrected chi connectivity index (χ0v) is 10.3. The van der Waals surface area contributed by atoms with Gasteiger partial charge in [-0.05, 0) is 32.1 Å². The lowest BCUT2D eigenvalue weighted by atomic mass is 9.86. The third-order valence-electron chi connectivity index (χ3n) is 3.13. The normalized spacial score (nSPS) is 24.1. The summed E-state index contributed by atoms with van der Waals surface area (Å²) < 4.78 is 4.99. The molecule has 5 nitrogen and oxygen atoms in total. The van der Waals surface area contributed by atoms with Crippen molar-refractivity contribution in [3.63, 3.8) is 0 Å². The fourth-order valence-corrected chi connectivity index (χ4v) is 2.00. The first kappa shape index (κ1) is 13.8. The first-order chi connectivity index (χ1) is 8.13. The van der Waals surface area contributed by atoms with Crippen LogP contribution >= 0.6 is 0 Å². The summed E-state index contributed by atoms with van der Waals surface area (Å²) in [6.07, 6.45) is 4.21. The van der Waals surface area contributed by atoms with E-state index in [1.54, 1.807) is 0 Å². The first-order valence-corrected chi connectivity index (χ1v) is 6.29. The zero-order chi connectivity index (χ0) is 12.7. The molecule has 0 atom stereocenters. The van der Waals surface area contributed by atoms with Crippen LogP contribution in [0.4, 0.5) is 4.79 Å². The molecule has 0 radical (unpaired) electrons. The first-order valence-electron chi connectivity index (χ1n) is 6.29. The minimum absolute atomic E-state index is 0.0692. The average Bonchev–Trinajstić information content (AvgIpc) is 2.30. The summed E-state index contributed by atoms with van der Waals surface area (Å²) in [5, 5.41) is 11.6. The Morgan fingerprint density at radius 1 is 1.29 bits per heavy atom. The molecule has 5 heteroatoms. The Labute approximate surface area is 102 Å². The number of amides is 1. The predicted molar refractivity (Wildman–Crippen MR) is 62.8 cm³/mol. The highest BCUT2D eigenvalue weighted by atomic mass is 16.5. The molecule has 0 saturated heterocycles. The summed E-state index contributed by atoms with van der Waals surface area (Å²) in [6, 6.07) is 0.0692. The number of ether oxygens (including phenoxy) is 1. The molecule has 0 aliphatic heterocycles. The third kappa shape index (κ3) is 5.06. The Morgan fingerprint density at radius 2 is 1.94 bits per heavy atom. The van der Waals surface area contributed by atoms with E-state index in [0.29, 0.717) is 19.4 Å². The molecule has 17 heavy (non-hydrogen) atoms. The van der Waals surface area contributed by atoms with Crippen LogP contribution in [0.15, 0.2) is 0 Å². The smallest absolute Gasteiger partial charge is 0.407 e. The topological polar surface area (TPSA) is 75.6 Å². The van der Waals surface area contributed by atoms with E-state index in [2.05, 4.69) is 5.32 Å². The van der Waals surface area contributed by atoms with E-state index in [-0.39, 0.29) is 18.1 Å². The van der Waals surface area contributed by atoms with Crippen LogP contribution in [0.5, 0.6) is 0 Å². The zero-order valence-electron chi connectivity index (χ0n) is 10.3. The largest absolute Gasteiger partial charge is 0.481 e. The quantitative estimate of drug-likeness (QED) is 0.725. The lowest BCUT2D eigenvalue weighted by Crippen LogP contribution is -2.39. The molecular weight excluding hydrogens is 222 g/mol. The van der Waals surface area contributed by atoms with Gasteiger partial charge in [0, 0.05) is 6.04 Å². The standard InChI is InChI=1S/C12H21NO4/c1-2-3-8-17-12(16)13-10-6-4-9(5-7-10)11(14)15/h9-10H,2-8H2,1H3,(H,13,16)(H,14,15). The van der Waals surface area contributed by atoms with Gasteiger partial charge in [0.05, 0.1) is 12.5 Å². The SMILES string of the molecule is CCCCOC(=O)NC1CCC(C(=O)O)CC1. The number of carboxylic acids is 1. The van der Waals surface area contributed by atoms with E-state index in [4.69, 9.17) is 9.84 Å². The molecule has 2 N–H and O–H groups in total. The number of alkyl carbamates (subject to hydrolysis) is 1. The molecule has 0 spiro atoms. The van der Waals surface area contributed by atoms with Gasteiger partial charge in [-0.15, -0.1) is 0 Å². The maximum Gasteiger partial charge on any atom is 0.407 e.